The lowest BCUT2D eigenvalue weighted by Crippen LogP contribution is -1.93. The molecule has 0 amide bonds. The number of hydrogen-bond acceptors (Lipinski definition) is 3. The highest BCUT2D eigenvalue weighted by Gasteiger charge is 2.11. The van der Waals surface area contributed by atoms with Crippen LogP contribution in [0.5, 0.6) is 0 Å². The van der Waals surface area contributed by atoms with E-state index in [4.69, 9.17) is 34.8 Å². The van der Waals surface area contributed by atoms with Gasteiger partial charge in [0.25, 0.3) is 0 Å². The van der Waals surface area contributed by atoms with Crippen LogP contribution in [-0.4, -0.2) is 14.8 Å². The van der Waals surface area contributed by atoms with Gasteiger partial charge in [-0.05, 0) is 6.92 Å². The van der Waals surface area contributed by atoms with Crippen molar-refractivity contribution in [2.24, 2.45) is 0 Å². The molecule has 7 heteroatoms. The van der Waals surface area contributed by atoms with Crippen LogP contribution in [0, 0.1) is 6.92 Å². The fourth-order valence-corrected chi connectivity index (χ4v) is 2.57. The molecule has 0 atom stereocenters. The highest BCUT2D eigenvalue weighted by atomic mass is 35.5. The first kappa shape index (κ1) is 11.2. The fourth-order valence-electron chi connectivity index (χ4n) is 1.04. The van der Waals surface area contributed by atoms with E-state index in [1.54, 1.807) is 10.9 Å². The Morgan fingerprint density at radius 3 is 2.67 bits per heavy atom. The summed E-state index contributed by atoms with van der Waals surface area (Å²) in [5.41, 5.74) is 0.760. The van der Waals surface area contributed by atoms with Crippen LogP contribution in [0.3, 0.4) is 0 Å². The molecule has 80 valence electrons. The van der Waals surface area contributed by atoms with Crippen molar-refractivity contribution in [2.45, 2.75) is 12.8 Å². The van der Waals surface area contributed by atoms with Crippen LogP contribution in [-0.2, 0) is 5.88 Å². The molecule has 2 aromatic heterocycles. The Balaban J connectivity index is 2.45. The predicted octanol–water partition coefficient (Wildman–Crippen LogP) is 3.68. The third-order valence-electron chi connectivity index (χ3n) is 1.79. The topological polar surface area (TPSA) is 30.7 Å². The molecule has 2 heterocycles. The van der Waals surface area contributed by atoms with Gasteiger partial charge in [0.1, 0.15) is 5.15 Å². The van der Waals surface area contributed by atoms with Gasteiger partial charge in [0, 0.05) is 0 Å². The van der Waals surface area contributed by atoms with E-state index >= 15 is 0 Å². The summed E-state index contributed by atoms with van der Waals surface area (Å²) < 4.78 is 1.60. The summed E-state index contributed by atoms with van der Waals surface area (Å²) in [7, 11) is 0. The molecule has 2 aromatic rings. The quantitative estimate of drug-likeness (QED) is 0.787. The summed E-state index contributed by atoms with van der Waals surface area (Å²) in [6, 6.07) is 0. The van der Waals surface area contributed by atoms with Gasteiger partial charge < -0.3 is 0 Å². The second-order valence-corrected chi connectivity index (χ2v) is 4.95. The van der Waals surface area contributed by atoms with E-state index in [0.29, 0.717) is 21.2 Å². The first-order chi connectivity index (χ1) is 7.11. The van der Waals surface area contributed by atoms with Crippen molar-refractivity contribution in [3.8, 4) is 5.13 Å². The van der Waals surface area contributed by atoms with E-state index in [1.165, 1.54) is 11.3 Å². The number of aryl methyl sites for hydroxylation is 1. The minimum atomic E-state index is 0.352. The molecule has 0 aliphatic carbocycles. The Labute approximate surface area is 106 Å². The van der Waals surface area contributed by atoms with Gasteiger partial charge in [-0.1, -0.05) is 34.5 Å². The number of nitrogens with zero attached hydrogens (tertiary/aromatic N) is 3. The number of rotatable bonds is 2. The van der Waals surface area contributed by atoms with E-state index < -0.39 is 0 Å². The molecule has 0 saturated heterocycles. The molecule has 0 aliphatic rings. The van der Waals surface area contributed by atoms with Crippen LogP contribution in [0.1, 0.15) is 10.6 Å². The average Bonchev–Trinajstić information content (AvgIpc) is 2.71. The van der Waals surface area contributed by atoms with Crippen molar-refractivity contribution in [3.05, 3.63) is 26.9 Å². The maximum Gasteiger partial charge on any atom is 0.212 e. The highest BCUT2D eigenvalue weighted by molar-refractivity contribution is 7.14. The van der Waals surface area contributed by atoms with E-state index in [0.717, 1.165) is 10.6 Å². The van der Waals surface area contributed by atoms with Crippen LogP contribution in [0.2, 0.25) is 10.2 Å². The molecule has 0 saturated carbocycles. The van der Waals surface area contributed by atoms with Gasteiger partial charge in [0.2, 0.25) is 5.13 Å². The lowest BCUT2D eigenvalue weighted by molar-refractivity contribution is 0.853. The third kappa shape index (κ3) is 2.13. The molecular formula is C8H6Cl3N3S. The summed E-state index contributed by atoms with van der Waals surface area (Å²) in [6.45, 7) is 1.83. The number of hydrogen-bond donors (Lipinski definition) is 0. The maximum atomic E-state index is 5.89. The SMILES string of the molecule is Cc1nn(-c2nc(Cl)c(CCl)s2)cc1Cl. The van der Waals surface area contributed by atoms with Gasteiger partial charge in [-0.2, -0.15) is 5.10 Å². The van der Waals surface area contributed by atoms with Gasteiger partial charge in [-0.3, -0.25) is 0 Å². The minimum absolute atomic E-state index is 0.352. The Kier molecular flexibility index (Phi) is 3.21. The second kappa shape index (κ2) is 4.29. The number of aromatic nitrogens is 3. The average molecular weight is 283 g/mol. The molecule has 0 bridgehead atoms. The standard InChI is InChI=1S/C8H6Cl3N3S/c1-4-5(10)3-14(13-4)8-12-7(11)6(2-9)15-8/h3H,2H2,1H3. The molecule has 2 rings (SSSR count). The fraction of sp³-hybridized carbons (Fsp3) is 0.250. The monoisotopic (exact) mass is 281 g/mol. The Morgan fingerprint density at radius 2 is 2.20 bits per heavy atom. The van der Waals surface area contributed by atoms with Crippen LogP contribution in [0.4, 0.5) is 0 Å². The molecule has 0 fully saturated rings. The minimum Gasteiger partial charge on any atom is -0.212 e. The predicted molar refractivity (Wildman–Crippen MR) is 63.6 cm³/mol. The lowest BCUT2D eigenvalue weighted by atomic mass is 10.5. The first-order valence-corrected chi connectivity index (χ1v) is 6.16. The molecule has 0 N–H and O–H groups in total. The Bertz CT molecular complexity index is 472. The van der Waals surface area contributed by atoms with Gasteiger partial charge in [0.05, 0.1) is 27.7 Å². The van der Waals surface area contributed by atoms with Crippen molar-refractivity contribution in [3.63, 3.8) is 0 Å². The van der Waals surface area contributed by atoms with Gasteiger partial charge in [0.15, 0.2) is 0 Å². The first-order valence-electron chi connectivity index (χ1n) is 4.05. The number of halogens is 3. The molecule has 0 radical (unpaired) electrons. The van der Waals surface area contributed by atoms with Crippen molar-refractivity contribution >= 4 is 46.1 Å². The van der Waals surface area contributed by atoms with E-state index in [2.05, 4.69) is 10.1 Å². The molecule has 0 spiro atoms. The largest absolute Gasteiger partial charge is 0.212 e. The Morgan fingerprint density at radius 1 is 1.47 bits per heavy atom. The van der Waals surface area contributed by atoms with Gasteiger partial charge in [-0.25, -0.2) is 9.67 Å². The van der Waals surface area contributed by atoms with Crippen molar-refractivity contribution in [2.75, 3.05) is 0 Å². The molecule has 0 aliphatic heterocycles. The zero-order valence-corrected chi connectivity index (χ0v) is 10.8. The molecular weight excluding hydrogens is 277 g/mol. The van der Waals surface area contributed by atoms with Crippen LogP contribution in [0.15, 0.2) is 6.20 Å². The third-order valence-corrected chi connectivity index (χ3v) is 4.06. The molecule has 0 aromatic carbocycles. The van der Waals surface area contributed by atoms with Gasteiger partial charge >= 0.3 is 0 Å². The van der Waals surface area contributed by atoms with Crippen molar-refractivity contribution in [1.82, 2.24) is 14.8 Å². The summed E-state index contributed by atoms with van der Waals surface area (Å²) in [4.78, 5) is 4.98. The van der Waals surface area contributed by atoms with E-state index in [-0.39, 0.29) is 0 Å². The normalized spacial score (nSPS) is 10.9. The van der Waals surface area contributed by atoms with Gasteiger partial charge in [-0.15, -0.1) is 11.6 Å². The zero-order chi connectivity index (χ0) is 11.0. The van der Waals surface area contributed by atoms with Crippen LogP contribution in [0.25, 0.3) is 5.13 Å². The maximum absolute atomic E-state index is 5.89. The van der Waals surface area contributed by atoms with E-state index in [9.17, 15) is 0 Å². The summed E-state index contributed by atoms with van der Waals surface area (Å²) in [5, 5.41) is 5.90. The molecule has 3 nitrogen and oxygen atoms in total. The molecule has 15 heavy (non-hydrogen) atoms. The summed E-state index contributed by atoms with van der Waals surface area (Å²) >= 11 is 18.9. The van der Waals surface area contributed by atoms with Crippen molar-refractivity contribution < 1.29 is 0 Å². The van der Waals surface area contributed by atoms with Crippen LogP contribution < -0.4 is 0 Å². The Hall–Kier alpha value is -0.290. The molecule has 0 unspecified atom stereocenters. The number of alkyl halides is 1. The van der Waals surface area contributed by atoms with Crippen LogP contribution >= 0.6 is 46.1 Å². The summed E-state index contributed by atoms with van der Waals surface area (Å²) in [6.07, 6.45) is 1.70. The highest BCUT2D eigenvalue weighted by Crippen LogP contribution is 2.27. The van der Waals surface area contributed by atoms with Crippen molar-refractivity contribution in [1.29, 1.82) is 0 Å². The second-order valence-electron chi connectivity index (χ2n) is 2.85. The number of thiazole rings is 1. The summed E-state index contributed by atoms with van der Waals surface area (Å²) in [5.74, 6) is 0.352. The zero-order valence-electron chi connectivity index (χ0n) is 7.67. The lowest BCUT2D eigenvalue weighted by Gasteiger charge is -1.91. The smallest absolute Gasteiger partial charge is 0.212 e. The van der Waals surface area contributed by atoms with E-state index in [1.807, 2.05) is 6.92 Å².